The van der Waals surface area contributed by atoms with Gasteiger partial charge in [-0.3, -0.25) is 0 Å². The SMILES string of the molecule is C1=NN=C2CCNCC=C12. The second-order valence-electron chi connectivity index (χ2n) is 2.40. The number of hydrogen-bond acceptors (Lipinski definition) is 3. The van der Waals surface area contributed by atoms with Crippen LogP contribution in [0.2, 0.25) is 0 Å². The van der Waals surface area contributed by atoms with Crippen molar-refractivity contribution >= 4 is 11.9 Å². The van der Waals surface area contributed by atoms with Crippen LogP contribution < -0.4 is 5.32 Å². The highest BCUT2D eigenvalue weighted by Crippen LogP contribution is 2.08. The lowest BCUT2D eigenvalue weighted by molar-refractivity contribution is 0.778. The molecule has 2 rings (SSSR count). The maximum atomic E-state index is 4.00. The first-order chi connectivity index (χ1) is 4.97. The molecule has 0 amide bonds. The first kappa shape index (κ1) is 5.80. The molecule has 0 fully saturated rings. The van der Waals surface area contributed by atoms with Crippen LogP contribution in [-0.4, -0.2) is 25.0 Å². The Morgan fingerprint density at radius 2 is 2.50 bits per heavy atom. The van der Waals surface area contributed by atoms with Gasteiger partial charge in [-0.25, -0.2) is 0 Å². The van der Waals surface area contributed by atoms with Crippen LogP contribution in [-0.2, 0) is 0 Å². The zero-order chi connectivity index (χ0) is 6.81. The maximum Gasteiger partial charge on any atom is 0.0728 e. The third kappa shape index (κ3) is 0.885. The fourth-order valence-corrected chi connectivity index (χ4v) is 1.15. The second-order valence-corrected chi connectivity index (χ2v) is 2.40. The Morgan fingerprint density at radius 1 is 1.50 bits per heavy atom. The van der Waals surface area contributed by atoms with Crippen LogP contribution >= 0.6 is 0 Å². The summed E-state index contributed by atoms with van der Waals surface area (Å²) in [6.07, 6.45) is 4.95. The number of nitrogens with one attached hydrogen (secondary N) is 1. The molecule has 0 atom stereocenters. The van der Waals surface area contributed by atoms with Gasteiger partial charge in [0.15, 0.2) is 0 Å². The number of hydrogen-bond donors (Lipinski definition) is 1. The van der Waals surface area contributed by atoms with E-state index < -0.39 is 0 Å². The van der Waals surface area contributed by atoms with E-state index in [4.69, 9.17) is 0 Å². The van der Waals surface area contributed by atoms with Crippen molar-refractivity contribution < 1.29 is 0 Å². The van der Waals surface area contributed by atoms with Crippen molar-refractivity contribution in [2.75, 3.05) is 13.1 Å². The molecule has 52 valence electrons. The Balaban J connectivity index is 2.28. The van der Waals surface area contributed by atoms with E-state index >= 15 is 0 Å². The highest BCUT2D eigenvalue weighted by Gasteiger charge is 2.11. The summed E-state index contributed by atoms with van der Waals surface area (Å²) >= 11 is 0. The van der Waals surface area contributed by atoms with Crippen molar-refractivity contribution in [2.45, 2.75) is 6.42 Å². The van der Waals surface area contributed by atoms with E-state index in [0.717, 1.165) is 25.2 Å². The van der Waals surface area contributed by atoms with Crippen LogP contribution in [0.3, 0.4) is 0 Å². The van der Waals surface area contributed by atoms with Crippen LogP contribution in [0, 0.1) is 0 Å². The molecule has 0 bridgehead atoms. The number of allylic oxidation sites excluding steroid dienone is 1. The van der Waals surface area contributed by atoms with Gasteiger partial charge in [-0.15, -0.1) is 0 Å². The molecule has 0 saturated heterocycles. The molecule has 2 aliphatic rings. The molecule has 0 aromatic heterocycles. The van der Waals surface area contributed by atoms with Crippen molar-refractivity contribution in [3.05, 3.63) is 11.6 Å². The Hall–Kier alpha value is -0.960. The standard InChI is InChI=1S/C7H9N3/c1-3-8-4-2-7-6(1)5-9-10-7/h1,5,8H,2-4H2. The second kappa shape index (κ2) is 2.34. The molecular formula is C7H9N3. The lowest BCUT2D eigenvalue weighted by Gasteiger charge is -1.94. The average Bonchev–Trinajstić information content (AvgIpc) is 2.28. The smallest absolute Gasteiger partial charge is 0.0728 e. The monoisotopic (exact) mass is 135 g/mol. The summed E-state index contributed by atoms with van der Waals surface area (Å²) in [7, 11) is 0. The van der Waals surface area contributed by atoms with Gasteiger partial charge in [-0.05, 0) is 0 Å². The predicted octanol–water partition coefficient (Wildman–Crippen LogP) is 0.347. The normalized spacial score (nSPS) is 23.2. The van der Waals surface area contributed by atoms with Crippen LogP contribution in [0.1, 0.15) is 6.42 Å². The minimum atomic E-state index is 0.945. The van der Waals surface area contributed by atoms with Crippen molar-refractivity contribution in [2.24, 2.45) is 10.2 Å². The third-order valence-electron chi connectivity index (χ3n) is 1.71. The lowest BCUT2D eigenvalue weighted by atomic mass is 10.1. The fourth-order valence-electron chi connectivity index (χ4n) is 1.15. The molecule has 3 nitrogen and oxygen atoms in total. The maximum absolute atomic E-state index is 4.00. The van der Waals surface area contributed by atoms with Gasteiger partial charge in [0.1, 0.15) is 0 Å². The Labute approximate surface area is 59.5 Å². The molecule has 0 aromatic rings. The molecule has 0 aliphatic carbocycles. The molecule has 2 heterocycles. The molecule has 2 aliphatic heterocycles. The van der Waals surface area contributed by atoms with E-state index in [0.29, 0.717) is 0 Å². The summed E-state index contributed by atoms with van der Waals surface area (Å²) in [5.41, 5.74) is 2.33. The minimum Gasteiger partial charge on any atom is -0.313 e. The Kier molecular flexibility index (Phi) is 1.36. The molecular weight excluding hydrogens is 126 g/mol. The van der Waals surface area contributed by atoms with E-state index in [-0.39, 0.29) is 0 Å². The van der Waals surface area contributed by atoms with Crippen LogP contribution in [0.25, 0.3) is 0 Å². The summed E-state index contributed by atoms with van der Waals surface area (Å²) < 4.78 is 0. The lowest BCUT2D eigenvalue weighted by Crippen LogP contribution is -2.14. The predicted molar refractivity (Wildman–Crippen MR) is 41.5 cm³/mol. The van der Waals surface area contributed by atoms with E-state index in [1.54, 1.807) is 0 Å². The highest BCUT2D eigenvalue weighted by atomic mass is 15.2. The minimum absolute atomic E-state index is 0.945. The number of fused-ring (bicyclic) bond motifs is 1. The summed E-state index contributed by atoms with van der Waals surface area (Å²) in [5.74, 6) is 0. The zero-order valence-corrected chi connectivity index (χ0v) is 5.67. The Bertz CT molecular complexity index is 225. The van der Waals surface area contributed by atoms with Crippen LogP contribution in [0.15, 0.2) is 21.9 Å². The van der Waals surface area contributed by atoms with Crippen molar-refractivity contribution in [3.63, 3.8) is 0 Å². The van der Waals surface area contributed by atoms with E-state index in [1.807, 2.05) is 6.21 Å². The van der Waals surface area contributed by atoms with Gasteiger partial charge in [0.25, 0.3) is 0 Å². The van der Waals surface area contributed by atoms with E-state index in [1.165, 1.54) is 5.57 Å². The van der Waals surface area contributed by atoms with Crippen molar-refractivity contribution in [3.8, 4) is 0 Å². The summed E-state index contributed by atoms with van der Waals surface area (Å²) in [6.45, 7) is 1.96. The molecule has 1 N–H and O–H groups in total. The molecule has 0 spiro atoms. The fraction of sp³-hybridized carbons (Fsp3) is 0.429. The van der Waals surface area contributed by atoms with Gasteiger partial charge in [0, 0.05) is 25.1 Å². The van der Waals surface area contributed by atoms with Gasteiger partial charge < -0.3 is 5.32 Å². The molecule has 0 aromatic carbocycles. The van der Waals surface area contributed by atoms with Gasteiger partial charge >= 0.3 is 0 Å². The average molecular weight is 135 g/mol. The van der Waals surface area contributed by atoms with E-state index in [2.05, 4.69) is 21.6 Å². The van der Waals surface area contributed by atoms with Gasteiger partial charge in [-0.1, -0.05) is 6.08 Å². The Morgan fingerprint density at radius 3 is 3.50 bits per heavy atom. The van der Waals surface area contributed by atoms with Gasteiger partial charge in [-0.2, -0.15) is 10.2 Å². The zero-order valence-electron chi connectivity index (χ0n) is 5.67. The first-order valence-electron chi connectivity index (χ1n) is 3.48. The van der Waals surface area contributed by atoms with Crippen LogP contribution in [0.5, 0.6) is 0 Å². The van der Waals surface area contributed by atoms with Gasteiger partial charge in [0.05, 0.1) is 11.9 Å². The summed E-state index contributed by atoms with van der Waals surface area (Å²) in [5, 5.41) is 11.1. The van der Waals surface area contributed by atoms with Gasteiger partial charge in [0.2, 0.25) is 0 Å². The van der Waals surface area contributed by atoms with Crippen molar-refractivity contribution in [1.29, 1.82) is 0 Å². The highest BCUT2D eigenvalue weighted by molar-refractivity contribution is 6.18. The molecule has 0 unspecified atom stereocenters. The number of rotatable bonds is 0. The third-order valence-corrected chi connectivity index (χ3v) is 1.71. The molecule has 3 heteroatoms. The molecule has 10 heavy (non-hydrogen) atoms. The van der Waals surface area contributed by atoms with Crippen molar-refractivity contribution in [1.82, 2.24) is 5.32 Å². The quantitative estimate of drug-likeness (QED) is 0.511. The summed E-state index contributed by atoms with van der Waals surface area (Å²) in [4.78, 5) is 0. The summed E-state index contributed by atoms with van der Waals surface area (Å²) in [6, 6.07) is 0. The molecule has 0 radical (unpaired) electrons. The first-order valence-corrected chi connectivity index (χ1v) is 3.48. The molecule has 0 saturated carbocycles. The number of nitrogens with zero attached hydrogens (tertiary/aromatic N) is 2. The topological polar surface area (TPSA) is 36.8 Å². The van der Waals surface area contributed by atoms with E-state index in [9.17, 15) is 0 Å². The largest absolute Gasteiger partial charge is 0.313 e. The van der Waals surface area contributed by atoms with Crippen LogP contribution in [0.4, 0.5) is 0 Å².